The first-order chi connectivity index (χ1) is 6.70. The van der Waals surface area contributed by atoms with Crippen molar-refractivity contribution < 1.29 is 0 Å². The van der Waals surface area contributed by atoms with Crippen molar-refractivity contribution in [2.75, 3.05) is 0 Å². The molecule has 0 aliphatic carbocycles. The van der Waals surface area contributed by atoms with Crippen molar-refractivity contribution >= 4 is 33.2 Å². The van der Waals surface area contributed by atoms with E-state index in [2.05, 4.69) is 23.8 Å². The SMILES string of the molecule is CC.Cc1sc2c(Cl)ncnc2c1C. The van der Waals surface area contributed by atoms with Crippen molar-refractivity contribution in [3.63, 3.8) is 0 Å². The zero-order valence-corrected chi connectivity index (χ0v) is 10.3. The van der Waals surface area contributed by atoms with Crippen LogP contribution in [0.1, 0.15) is 24.3 Å². The van der Waals surface area contributed by atoms with Crippen LogP contribution in [0, 0.1) is 13.8 Å². The minimum Gasteiger partial charge on any atom is -0.235 e. The molecule has 0 aromatic carbocycles. The van der Waals surface area contributed by atoms with Crippen molar-refractivity contribution in [3.8, 4) is 0 Å². The minimum atomic E-state index is 0.557. The Morgan fingerprint density at radius 2 is 1.86 bits per heavy atom. The lowest BCUT2D eigenvalue weighted by atomic mass is 10.2. The van der Waals surface area contributed by atoms with Gasteiger partial charge in [-0.1, -0.05) is 25.4 Å². The highest BCUT2D eigenvalue weighted by atomic mass is 35.5. The molecule has 0 amide bonds. The molecule has 0 aliphatic heterocycles. The molecule has 0 saturated carbocycles. The highest BCUT2D eigenvalue weighted by molar-refractivity contribution is 7.19. The van der Waals surface area contributed by atoms with Gasteiger partial charge in [0.25, 0.3) is 0 Å². The van der Waals surface area contributed by atoms with Gasteiger partial charge in [0.2, 0.25) is 0 Å². The summed E-state index contributed by atoms with van der Waals surface area (Å²) < 4.78 is 0.995. The molecule has 14 heavy (non-hydrogen) atoms. The van der Waals surface area contributed by atoms with Crippen LogP contribution in [0.2, 0.25) is 5.15 Å². The van der Waals surface area contributed by atoms with Crippen molar-refractivity contribution in [1.82, 2.24) is 9.97 Å². The van der Waals surface area contributed by atoms with E-state index in [0.717, 1.165) is 10.2 Å². The zero-order valence-electron chi connectivity index (χ0n) is 8.76. The first-order valence-electron chi connectivity index (χ1n) is 4.56. The summed E-state index contributed by atoms with van der Waals surface area (Å²) in [6.45, 7) is 8.12. The third-order valence-electron chi connectivity index (χ3n) is 1.90. The average molecular weight is 229 g/mol. The molecule has 0 saturated heterocycles. The number of halogens is 1. The second-order valence-corrected chi connectivity index (χ2v) is 4.21. The highest BCUT2D eigenvalue weighted by Crippen LogP contribution is 2.31. The molecule has 2 rings (SSSR count). The molecule has 0 fully saturated rings. The van der Waals surface area contributed by atoms with E-state index >= 15 is 0 Å². The second-order valence-electron chi connectivity index (χ2n) is 2.63. The molecule has 2 aromatic heterocycles. The average Bonchev–Trinajstić information content (AvgIpc) is 2.50. The van der Waals surface area contributed by atoms with Crippen molar-refractivity contribution in [2.45, 2.75) is 27.7 Å². The van der Waals surface area contributed by atoms with Crippen LogP contribution in [0.5, 0.6) is 0 Å². The predicted octanol–water partition coefficient (Wildman–Crippen LogP) is 3.99. The van der Waals surface area contributed by atoms with Crippen molar-refractivity contribution in [1.29, 1.82) is 0 Å². The van der Waals surface area contributed by atoms with Crippen molar-refractivity contribution in [3.05, 3.63) is 21.9 Å². The molecule has 0 spiro atoms. The number of hydrogen-bond acceptors (Lipinski definition) is 3. The van der Waals surface area contributed by atoms with Gasteiger partial charge < -0.3 is 0 Å². The summed E-state index contributed by atoms with van der Waals surface area (Å²) in [6.07, 6.45) is 1.50. The predicted molar refractivity (Wildman–Crippen MR) is 63.2 cm³/mol. The summed E-state index contributed by atoms with van der Waals surface area (Å²) in [7, 11) is 0. The van der Waals surface area contributed by atoms with E-state index < -0.39 is 0 Å². The summed E-state index contributed by atoms with van der Waals surface area (Å²) in [6, 6.07) is 0. The molecule has 2 nitrogen and oxygen atoms in total. The maximum atomic E-state index is 5.90. The summed E-state index contributed by atoms with van der Waals surface area (Å²) >= 11 is 7.55. The Morgan fingerprint density at radius 1 is 1.21 bits per heavy atom. The molecule has 0 atom stereocenters. The molecular formula is C10H13ClN2S. The standard InChI is InChI=1S/C8H7ClN2S.C2H6/c1-4-5(2)12-7-6(4)10-3-11-8(7)9;1-2/h3H,1-2H3;1-2H3. The monoisotopic (exact) mass is 228 g/mol. The van der Waals surface area contributed by atoms with E-state index in [4.69, 9.17) is 11.6 Å². The van der Waals surface area contributed by atoms with Gasteiger partial charge in [-0.05, 0) is 19.4 Å². The van der Waals surface area contributed by atoms with E-state index in [1.807, 2.05) is 13.8 Å². The molecule has 76 valence electrons. The number of nitrogens with zero attached hydrogens (tertiary/aromatic N) is 2. The van der Waals surface area contributed by atoms with Gasteiger partial charge in [-0.25, -0.2) is 9.97 Å². The lowest BCUT2D eigenvalue weighted by Gasteiger charge is -1.90. The lowest BCUT2D eigenvalue weighted by Crippen LogP contribution is -1.80. The second kappa shape index (κ2) is 4.71. The van der Waals surface area contributed by atoms with Gasteiger partial charge in [0, 0.05) is 4.88 Å². The molecule has 0 aliphatic rings. The van der Waals surface area contributed by atoms with Crippen LogP contribution in [0.25, 0.3) is 10.2 Å². The molecule has 0 radical (unpaired) electrons. The fraction of sp³-hybridized carbons (Fsp3) is 0.400. The lowest BCUT2D eigenvalue weighted by molar-refractivity contribution is 1.22. The zero-order chi connectivity index (χ0) is 10.7. The Hall–Kier alpha value is -0.670. The van der Waals surface area contributed by atoms with E-state index in [1.165, 1.54) is 16.8 Å². The van der Waals surface area contributed by atoms with Gasteiger partial charge in [0.05, 0.1) is 10.2 Å². The van der Waals surface area contributed by atoms with Crippen LogP contribution < -0.4 is 0 Å². The molecular weight excluding hydrogens is 216 g/mol. The minimum absolute atomic E-state index is 0.557. The molecule has 0 unspecified atom stereocenters. The van der Waals surface area contributed by atoms with Crippen molar-refractivity contribution in [2.24, 2.45) is 0 Å². The first-order valence-corrected chi connectivity index (χ1v) is 5.76. The Morgan fingerprint density at radius 3 is 2.43 bits per heavy atom. The Labute approximate surface area is 93.0 Å². The Balaban J connectivity index is 0.000000461. The number of fused-ring (bicyclic) bond motifs is 1. The highest BCUT2D eigenvalue weighted by Gasteiger charge is 2.08. The van der Waals surface area contributed by atoms with Gasteiger partial charge in [0.1, 0.15) is 11.5 Å². The topological polar surface area (TPSA) is 25.8 Å². The molecule has 2 heterocycles. The largest absolute Gasteiger partial charge is 0.235 e. The number of aryl methyl sites for hydroxylation is 2. The van der Waals surface area contributed by atoms with Crippen LogP contribution in [-0.4, -0.2) is 9.97 Å². The maximum absolute atomic E-state index is 5.90. The molecule has 0 N–H and O–H groups in total. The van der Waals surface area contributed by atoms with Gasteiger partial charge in [-0.3, -0.25) is 0 Å². The van der Waals surface area contributed by atoms with E-state index in [9.17, 15) is 0 Å². The smallest absolute Gasteiger partial charge is 0.150 e. The third-order valence-corrected chi connectivity index (χ3v) is 3.50. The van der Waals surface area contributed by atoms with Gasteiger partial charge in [-0.2, -0.15) is 0 Å². The summed E-state index contributed by atoms with van der Waals surface area (Å²) in [4.78, 5) is 9.36. The van der Waals surface area contributed by atoms with Crippen LogP contribution in [0.3, 0.4) is 0 Å². The Bertz CT molecular complexity index is 437. The van der Waals surface area contributed by atoms with E-state index in [-0.39, 0.29) is 0 Å². The van der Waals surface area contributed by atoms with E-state index in [0.29, 0.717) is 5.15 Å². The summed E-state index contributed by atoms with van der Waals surface area (Å²) in [5, 5.41) is 0.557. The fourth-order valence-electron chi connectivity index (χ4n) is 1.11. The molecule has 2 aromatic rings. The summed E-state index contributed by atoms with van der Waals surface area (Å²) in [5.41, 5.74) is 2.19. The molecule has 4 heteroatoms. The number of rotatable bonds is 0. The van der Waals surface area contributed by atoms with Gasteiger partial charge >= 0.3 is 0 Å². The number of hydrogen-bond donors (Lipinski definition) is 0. The van der Waals surface area contributed by atoms with Crippen LogP contribution >= 0.6 is 22.9 Å². The quantitative estimate of drug-likeness (QED) is 0.638. The van der Waals surface area contributed by atoms with Gasteiger partial charge in [-0.15, -0.1) is 11.3 Å². The Kier molecular flexibility index (Phi) is 3.84. The van der Waals surface area contributed by atoms with E-state index in [1.54, 1.807) is 11.3 Å². The van der Waals surface area contributed by atoms with Crippen LogP contribution in [-0.2, 0) is 0 Å². The molecule has 0 bridgehead atoms. The first kappa shape index (κ1) is 11.4. The number of aromatic nitrogens is 2. The van der Waals surface area contributed by atoms with Gasteiger partial charge in [0.15, 0.2) is 0 Å². The van der Waals surface area contributed by atoms with Crippen LogP contribution in [0.4, 0.5) is 0 Å². The summed E-state index contributed by atoms with van der Waals surface area (Å²) in [5.74, 6) is 0. The third kappa shape index (κ3) is 1.88. The number of thiophene rings is 1. The maximum Gasteiger partial charge on any atom is 0.150 e. The van der Waals surface area contributed by atoms with Crippen LogP contribution in [0.15, 0.2) is 6.33 Å². The fourth-order valence-corrected chi connectivity index (χ4v) is 2.35. The normalized spacial score (nSPS) is 9.79.